The Morgan fingerprint density at radius 3 is 3.11 bits per heavy atom. The summed E-state index contributed by atoms with van der Waals surface area (Å²) in [5.41, 5.74) is 0.960. The minimum absolute atomic E-state index is 0.00491. The van der Waals surface area contributed by atoms with Gasteiger partial charge in [-0.2, -0.15) is 0 Å². The van der Waals surface area contributed by atoms with Gasteiger partial charge in [-0.1, -0.05) is 6.07 Å². The first kappa shape index (κ1) is 11.0. The van der Waals surface area contributed by atoms with Crippen molar-refractivity contribution in [2.45, 2.75) is 25.3 Å². The molecule has 0 radical (unpaired) electrons. The molecule has 0 atom stereocenters. The highest BCUT2D eigenvalue weighted by atomic mass is 16.1. The van der Waals surface area contributed by atoms with Crippen LogP contribution >= 0.6 is 0 Å². The largest absolute Gasteiger partial charge is 0.353 e. The number of nitrogens with zero attached hydrogens (tertiary/aromatic N) is 1. The van der Waals surface area contributed by atoms with Crippen LogP contribution in [0, 0.1) is 0 Å². The number of pyridine rings is 2. The molecular weight excluding hydrogens is 230 g/mol. The lowest BCUT2D eigenvalue weighted by Gasteiger charge is -2.06. The first-order chi connectivity index (χ1) is 8.74. The van der Waals surface area contributed by atoms with E-state index >= 15 is 0 Å². The highest BCUT2D eigenvalue weighted by molar-refractivity contribution is 5.87. The van der Waals surface area contributed by atoms with Gasteiger partial charge in [-0.25, -0.2) is 0 Å². The van der Waals surface area contributed by atoms with Crippen LogP contribution in [0.3, 0.4) is 0 Å². The van der Waals surface area contributed by atoms with Crippen LogP contribution in [0.1, 0.15) is 18.4 Å². The monoisotopic (exact) mass is 243 g/mol. The number of nitrogens with one attached hydrogen (secondary N) is 2. The third-order valence-electron chi connectivity index (χ3n) is 3.04. The lowest BCUT2D eigenvalue weighted by Crippen LogP contribution is -2.27. The van der Waals surface area contributed by atoms with Gasteiger partial charge in [0.15, 0.2) is 0 Å². The molecule has 3 rings (SSSR count). The number of aromatic nitrogens is 2. The average Bonchev–Trinajstić information content (AvgIpc) is 3.17. The molecule has 1 aliphatic carbocycles. The molecule has 1 amide bonds. The van der Waals surface area contributed by atoms with Crippen molar-refractivity contribution < 1.29 is 4.79 Å². The van der Waals surface area contributed by atoms with Gasteiger partial charge in [0.2, 0.25) is 5.91 Å². The Hall–Kier alpha value is -2.17. The van der Waals surface area contributed by atoms with Crippen molar-refractivity contribution in [2.75, 3.05) is 0 Å². The SMILES string of the molecule is O=C(Cc1c[nH]c(=O)c2ncccc12)NC1CC1. The topological polar surface area (TPSA) is 74.8 Å². The standard InChI is InChI=1S/C13H13N3O2/c17-11(16-9-3-4-9)6-8-7-15-13(18)12-10(8)2-1-5-14-12/h1-2,5,7,9H,3-4,6H2,(H,15,18)(H,16,17). The number of hydrogen-bond acceptors (Lipinski definition) is 3. The van der Waals surface area contributed by atoms with Gasteiger partial charge in [-0.3, -0.25) is 14.6 Å². The summed E-state index contributed by atoms with van der Waals surface area (Å²) >= 11 is 0. The lowest BCUT2D eigenvalue weighted by atomic mass is 10.1. The molecule has 5 heteroatoms. The number of hydrogen-bond donors (Lipinski definition) is 2. The maximum absolute atomic E-state index is 11.8. The predicted octanol–water partition coefficient (Wildman–Crippen LogP) is 0.744. The van der Waals surface area contributed by atoms with E-state index in [4.69, 9.17) is 0 Å². The van der Waals surface area contributed by atoms with E-state index in [0.717, 1.165) is 23.8 Å². The number of carbonyl (C=O) groups excluding carboxylic acids is 1. The summed E-state index contributed by atoms with van der Waals surface area (Å²) in [5.74, 6) is -0.00491. The smallest absolute Gasteiger partial charge is 0.274 e. The second kappa shape index (κ2) is 4.25. The van der Waals surface area contributed by atoms with Crippen molar-refractivity contribution >= 4 is 16.8 Å². The molecule has 1 saturated carbocycles. The van der Waals surface area contributed by atoms with Crippen molar-refractivity contribution in [1.82, 2.24) is 15.3 Å². The van der Waals surface area contributed by atoms with E-state index in [2.05, 4.69) is 15.3 Å². The van der Waals surface area contributed by atoms with E-state index in [0.29, 0.717) is 11.6 Å². The molecule has 0 unspecified atom stereocenters. The maximum Gasteiger partial charge on any atom is 0.274 e. The van der Waals surface area contributed by atoms with Crippen LogP contribution in [-0.4, -0.2) is 21.9 Å². The Balaban J connectivity index is 1.93. The lowest BCUT2D eigenvalue weighted by molar-refractivity contribution is -0.120. The third-order valence-corrected chi connectivity index (χ3v) is 3.04. The van der Waals surface area contributed by atoms with Crippen molar-refractivity contribution in [2.24, 2.45) is 0 Å². The fourth-order valence-corrected chi connectivity index (χ4v) is 1.97. The summed E-state index contributed by atoms with van der Waals surface area (Å²) in [6.45, 7) is 0. The van der Waals surface area contributed by atoms with Crippen molar-refractivity contribution in [1.29, 1.82) is 0 Å². The Bertz CT molecular complexity index is 659. The second-order valence-corrected chi connectivity index (χ2v) is 4.56. The van der Waals surface area contributed by atoms with Gasteiger partial charge in [0.05, 0.1) is 6.42 Å². The zero-order chi connectivity index (χ0) is 12.5. The van der Waals surface area contributed by atoms with E-state index in [1.807, 2.05) is 6.07 Å². The van der Waals surface area contributed by atoms with E-state index in [9.17, 15) is 9.59 Å². The number of H-pyrrole nitrogens is 1. The summed E-state index contributed by atoms with van der Waals surface area (Å²) in [5, 5.41) is 3.67. The molecule has 0 saturated heterocycles. The number of carbonyl (C=O) groups is 1. The number of fused-ring (bicyclic) bond motifs is 1. The number of amides is 1. The molecule has 92 valence electrons. The number of rotatable bonds is 3. The van der Waals surface area contributed by atoms with Gasteiger partial charge in [-0.15, -0.1) is 0 Å². The molecule has 0 bridgehead atoms. The van der Waals surface area contributed by atoms with Crippen LogP contribution in [0.25, 0.3) is 10.9 Å². The van der Waals surface area contributed by atoms with Gasteiger partial charge in [0, 0.05) is 23.8 Å². The fraction of sp³-hybridized carbons (Fsp3) is 0.308. The molecule has 2 heterocycles. The molecule has 1 fully saturated rings. The van der Waals surface area contributed by atoms with Crippen LogP contribution in [-0.2, 0) is 11.2 Å². The Labute approximate surface area is 103 Å². The molecule has 18 heavy (non-hydrogen) atoms. The molecule has 2 N–H and O–H groups in total. The van der Waals surface area contributed by atoms with Crippen LogP contribution in [0.4, 0.5) is 0 Å². The third kappa shape index (κ3) is 2.11. The zero-order valence-electron chi connectivity index (χ0n) is 9.77. The molecule has 0 spiro atoms. The van der Waals surface area contributed by atoms with E-state index in [-0.39, 0.29) is 17.9 Å². The summed E-state index contributed by atoms with van der Waals surface area (Å²) < 4.78 is 0. The predicted molar refractivity (Wildman–Crippen MR) is 67.2 cm³/mol. The minimum Gasteiger partial charge on any atom is -0.353 e. The summed E-state index contributed by atoms with van der Waals surface area (Å²) in [7, 11) is 0. The normalized spacial score (nSPS) is 14.7. The summed E-state index contributed by atoms with van der Waals surface area (Å²) in [4.78, 5) is 30.0. The Morgan fingerprint density at radius 2 is 2.33 bits per heavy atom. The first-order valence-electron chi connectivity index (χ1n) is 5.99. The summed E-state index contributed by atoms with van der Waals surface area (Å²) in [6, 6.07) is 3.94. The van der Waals surface area contributed by atoms with Crippen LogP contribution < -0.4 is 10.9 Å². The summed E-state index contributed by atoms with van der Waals surface area (Å²) in [6.07, 6.45) is 5.58. The molecule has 1 aliphatic rings. The van der Waals surface area contributed by atoms with Gasteiger partial charge in [-0.05, 0) is 24.5 Å². The van der Waals surface area contributed by atoms with E-state index < -0.39 is 0 Å². The van der Waals surface area contributed by atoms with Gasteiger partial charge >= 0.3 is 0 Å². The molecule has 0 aliphatic heterocycles. The van der Waals surface area contributed by atoms with Gasteiger partial charge in [0.1, 0.15) is 5.52 Å². The average molecular weight is 243 g/mol. The maximum atomic E-state index is 11.8. The van der Waals surface area contributed by atoms with Crippen LogP contribution in [0.15, 0.2) is 29.3 Å². The fourth-order valence-electron chi connectivity index (χ4n) is 1.97. The van der Waals surface area contributed by atoms with Crippen LogP contribution in [0.5, 0.6) is 0 Å². The molecule has 0 aromatic carbocycles. The quantitative estimate of drug-likeness (QED) is 0.835. The van der Waals surface area contributed by atoms with Gasteiger partial charge < -0.3 is 10.3 Å². The van der Waals surface area contributed by atoms with Crippen molar-refractivity contribution in [3.05, 3.63) is 40.4 Å². The second-order valence-electron chi connectivity index (χ2n) is 4.56. The molecular formula is C13H13N3O2. The minimum atomic E-state index is -0.225. The van der Waals surface area contributed by atoms with Crippen molar-refractivity contribution in [3.8, 4) is 0 Å². The first-order valence-corrected chi connectivity index (χ1v) is 5.99. The molecule has 2 aromatic rings. The molecule has 2 aromatic heterocycles. The van der Waals surface area contributed by atoms with Crippen molar-refractivity contribution in [3.63, 3.8) is 0 Å². The number of aromatic amines is 1. The molecule has 5 nitrogen and oxygen atoms in total. The highest BCUT2D eigenvalue weighted by Gasteiger charge is 2.23. The van der Waals surface area contributed by atoms with Gasteiger partial charge in [0.25, 0.3) is 5.56 Å². The Kier molecular flexibility index (Phi) is 2.59. The Morgan fingerprint density at radius 1 is 1.50 bits per heavy atom. The van der Waals surface area contributed by atoms with E-state index in [1.165, 1.54) is 0 Å². The zero-order valence-corrected chi connectivity index (χ0v) is 9.77. The van der Waals surface area contributed by atoms with E-state index in [1.54, 1.807) is 18.5 Å². The highest BCUT2D eigenvalue weighted by Crippen LogP contribution is 2.19. The van der Waals surface area contributed by atoms with Crippen LogP contribution in [0.2, 0.25) is 0 Å².